The zero-order valence-corrected chi connectivity index (χ0v) is 11.0. The molecule has 1 aromatic rings. The Morgan fingerprint density at radius 2 is 2.18 bits per heavy atom. The van der Waals surface area contributed by atoms with Crippen molar-refractivity contribution in [1.29, 1.82) is 0 Å². The fourth-order valence-corrected chi connectivity index (χ4v) is 2.63. The molecule has 0 atom stereocenters. The SMILES string of the molecule is CCN(Cc1nccn1CC)C1CCNCC1. The molecule has 1 aliphatic heterocycles. The van der Waals surface area contributed by atoms with Gasteiger partial charge in [0.15, 0.2) is 0 Å². The molecule has 0 amide bonds. The lowest BCUT2D eigenvalue weighted by Gasteiger charge is -2.33. The summed E-state index contributed by atoms with van der Waals surface area (Å²) >= 11 is 0. The average molecular weight is 236 g/mol. The number of hydrogen-bond acceptors (Lipinski definition) is 3. The second kappa shape index (κ2) is 6.17. The molecule has 1 aliphatic rings. The smallest absolute Gasteiger partial charge is 0.122 e. The van der Waals surface area contributed by atoms with E-state index in [-0.39, 0.29) is 0 Å². The molecular weight excluding hydrogens is 212 g/mol. The van der Waals surface area contributed by atoms with Crippen molar-refractivity contribution < 1.29 is 0 Å². The Balaban J connectivity index is 1.98. The molecule has 0 bridgehead atoms. The van der Waals surface area contributed by atoms with Crippen LogP contribution in [0.15, 0.2) is 12.4 Å². The lowest BCUT2D eigenvalue weighted by molar-refractivity contribution is 0.157. The molecule has 0 aromatic carbocycles. The summed E-state index contributed by atoms with van der Waals surface area (Å²) in [5.74, 6) is 1.20. The fourth-order valence-electron chi connectivity index (χ4n) is 2.63. The number of nitrogens with one attached hydrogen (secondary N) is 1. The maximum absolute atomic E-state index is 4.48. The number of nitrogens with zero attached hydrogens (tertiary/aromatic N) is 3. The molecule has 1 N–H and O–H groups in total. The van der Waals surface area contributed by atoms with Crippen LogP contribution in [0, 0.1) is 0 Å². The summed E-state index contributed by atoms with van der Waals surface area (Å²) in [5.41, 5.74) is 0. The van der Waals surface area contributed by atoms with Crippen LogP contribution in [0.1, 0.15) is 32.5 Å². The number of piperidine rings is 1. The molecular formula is C13H24N4. The Morgan fingerprint density at radius 1 is 1.41 bits per heavy atom. The van der Waals surface area contributed by atoms with Gasteiger partial charge in [0.1, 0.15) is 5.82 Å². The summed E-state index contributed by atoms with van der Waals surface area (Å²) in [5, 5.41) is 3.43. The highest BCUT2D eigenvalue weighted by atomic mass is 15.2. The first-order valence-corrected chi connectivity index (χ1v) is 6.80. The molecule has 0 spiro atoms. The zero-order chi connectivity index (χ0) is 12.1. The fraction of sp³-hybridized carbons (Fsp3) is 0.769. The number of imidazole rings is 1. The van der Waals surface area contributed by atoms with Crippen molar-refractivity contribution in [3.63, 3.8) is 0 Å². The van der Waals surface area contributed by atoms with Gasteiger partial charge in [0.2, 0.25) is 0 Å². The van der Waals surface area contributed by atoms with E-state index in [1.54, 1.807) is 0 Å². The van der Waals surface area contributed by atoms with E-state index in [0.29, 0.717) is 0 Å². The highest BCUT2D eigenvalue weighted by Gasteiger charge is 2.20. The van der Waals surface area contributed by atoms with Gasteiger partial charge >= 0.3 is 0 Å². The summed E-state index contributed by atoms with van der Waals surface area (Å²) in [6, 6.07) is 0.725. The third-order valence-corrected chi connectivity index (χ3v) is 3.72. The molecule has 0 radical (unpaired) electrons. The van der Waals surface area contributed by atoms with Crippen LogP contribution in [0.3, 0.4) is 0 Å². The van der Waals surface area contributed by atoms with Crippen molar-refractivity contribution in [3.05, 3.63) is 18.2 Å². The summed E-state index contributed by atoms with van der Waals surface area (Å²) < 4.78 is 2.24. The van der Waals surface area contributed by atoms with Crippen LogP contribution in [0.2, 0.25) is 0 Å². The number of aryl methyl sites for hydroxylation is 1. The summed E-state index contributed by atoms with van der Waals surface area (Å²) in [7, 11) is 0. The number of hydrogen-bond donors (Lipinski definition) is 1. The van der Waals surface area contributed by atoms with Crippen molar-refractivity contribution in [2.75, 3.05) is 19.6 Å². The maximum Gasteiger partial charge on any atom is 0.122 e. The third kappa shape index (κ3) is 3.07. The van der Waals surface area contributed by atoms with Gasteiger partial charge in [-0.15, -0.1) is 0 Å². The van der Waals surface area contributed by atoms with Crippen molar-refractivity contribution in [2.45, 2.75) is 45.8 Å². The summed E-state index contributed by atoms with van der Waals surface area (Å²) in [6.45, 7) is 9.85. The second-order valence-corrected chi connectivity index (χ2v) is 4.67. The molecule has 4 heteroatoms. The standard InChI is InChI=1S/C13H24N4/c1-3-16-10-9-15-13(16)11-17(4-2)12-5-7-14-8-6-12/h9-10,12,14H,3-8,11H2,1-2H3. The van der Waals surface area contributed by atoms with Crippen molar-refractivity contribution in [1.82, 2.24) is 19.8 Å². The number of rotatable bonds is 5. The van der Waals surface area contributed by atoms with Gasteiger partial charge in [0, 0.05) is 25.0 Å². The lowest BCUT2D eigenvalue weighted by Crippen LogP contribution is -2.43. The molecule has 0 saturated carbocycles. The van der Waals surface area contributed by atoms with E-state index >= 15 is 0 Å². The largest absolute Gasteiger partial charge is 0.334 e. The molecule has 1 fully saturated rings. The lowest BCUT2D eigenvalue weighted by atomic mass is 10.0. The minimum atomic E-state index is 0.725. The molecule has 2 rings (SSSR count). The third-order valence-electron chi connectivity index (χ3n) is 3.72. The van der Waals surface area contributed by atoms with Crippen molar-refractivity contribution in [3.8, 4) is 0 Å². The Bertz CT molecular complexity index is 328. The van der Waals surface area contributed by atoms with E-state index in [2.05, 4.69) is 39.8 Å². The highest BCUT2D eigenvalue weighted by molar-refractivity contribution is 4.93. The Kier molecular flexibility index (Phi) is 4.57. The molecule has 4 nitrogen and oxygen atoms in total. The predicted octanol–water partition coefficient (Wildman–Crippen LogP) is 1.48. The molecule has 17 heavy (non-hydrogen) atoms. The van der Waals surface area contributed by atoms with Crippen LogP contribution in [0.25, 0.3) is 0 Å². The van der Waals surface area contributed by atoms with E-state index in [4.69, 9.17) is 0 Å². The average Bonchev–Trinajstić information content (AvgIpc) is 2.84. The summed E-state index contributed by atoms with van der Waals surface area (Å²) in [6.07, 6.45) is 6.52. The Hall–Kier alpha value is -0.870. The van der Waals surface area contributed by atoms with Gasteiger partial charge in [-0.05, 0) is 39.4 Å². The first kappa shape index (κ1) is 12.6. The molecule has 1 saturated heterocycles. The topological polar surface area (TPSA) is 33.1 Å². The van der Waals surface area contributed by atoms with Gasteiger partial charge in [0.25, 0.3) is 0 Å². The van der Waals surface area contributed by atoms with E-state index in [1.807, 2.05) is 6.20 Å². The highest BCUT2D eigenvalue weighted by Crippen LogP contribution is 2.14. The number of aromatic nitrogens is 2. The molecule has 1 aromatic heterocycles. The first-order chi connectivity index (χ1) is 8.35. The monoisotopic (exact) mass is 236 g/mol. The molecule has 0 unspecified atom stereocenters. The van der Waals surface area contributed by atoms with Crippen LogP contribution in [0.4, 0.5) is 0 Å². The minimum absolute atomic E-state index is 0.725. The van der Waals surface area contributed by atoms with E-state index in [9.17, 15) is 0 Å². The van der Waals surface area contributed by atoms with Gasteiger partial charge in [-0.25, -0.2) is 4.98 Å². The maximum atomic E-state index is 4.48. The van der Waals surface area contributed by atoms with Gasteiger partial charge in [-0.2, -0.15) is 0 Å². The summed E-state index contributed by atoms with van der Waals surface area (Å²) in [4.78, 5) is 7.04. The molecule has 0 aliphatic carbocycles. The van der Waals surface area contributed by atoms with E-state index in [1.165, 1.54) is 18.7 Å². The van der Waals surface area contributed by atoms with E-state index < -0.39 is 0 Å². The zero-order valence-electron chi connectivity index (χ0n) is 11.0. The van der Waals surface area contributed by atoms with Crippen LogP contribution in [-0.2, 0) is 13.1 Å². The van der Waals surface area contributed by atoms with E-state index in [0.717, 1.165) is 38.8 Å². The first-order valence-electron chi connectivity index (χ1n) is 6.80. The second-order valence-electron chi connectivity index (χ2n) is 4.67. The van der Waals surface area contributed by atoms with Crippen LogP contribution < -0.4 is 5.32 Å². The van der Waals surface area contributed by atoms with Crippen molar-refractivity contribution in [2.24, 2.45) is 0 Å². The van der Waals surface area contributed by atoms with Crippen molar-refractivity contribution >= 4 is 0 Å². The van der Waals surface area contributed by atoms with Gasteiger partial charge in [-0.1, -0.05) is 6.92 Å². The Morgan fingerprint density at radius 3 is 2.82 bits per heavy atom. The molecule has 96 valence electrons. The van der Waals surface area contributed by atoms with Crippen LogP contribution >= 0.6 is 0 Å². The normalized spacial score (nSPS) is 17.8. The van der Waals surface area contributed by atoms with Gasteiger partial charge < -0.3 is 9.88 Å². The van der Waals surface area contributed by atoms with Crippen LogP contribution in [-0.4, -0.2) is 40.1 Å². The minimum Gasteiger partial charge on any atom is -0.334 e. The molecule has 2 heterocycles. The van der Waals surface area contributed by atoms with Crippen LogP contribution in [0.5, 0.6) is 0 Å². The quantitative estimate of drug-likeness (QED) is 0.840. The van der Waals surface area contributed by atoms with Gasteiger partial charge in [0.05, 0.1) is 6.54 Å². The predicted molar refractivity (Wildman–Crippen MR) is 69.9 cm³/mol. The Labute approximate surface area is 104 Å². The van der Waals surface area contributed by atoms with Gasteiger partial charge in [-0.3, -0.25) is 4.90 Å².